The van der Waals surface area contributed by atoms with Crippen molar-refractivity contribution in [2.75, 3.05) is 11.9 Å². The number of aryl methyl sites for hydroxylation is 1. The van der Waals surface area contributed by atoms with E-state index in [0.29, 0.717) is 11.4 Å². The second-order valence-electron chi connectivity index (χ2n) is 6.74. The number of nitrogens with one attached hydrogen (secondary N) is 2. The van der Waals surface area contributed by atoms with E-state index in [0.717, 1.165) is 12.8 Å². The average Bonchev–Trinajstić information content (AvgIpc) is 3.27. The first-order valence-corrected chi connectivity index (χ1v) is 9.51. The van der Waals surface area contributed by atoms with Crippen molar-refractivity contribution in [1.82, 2.24) is 5.32 Å². The predicted octanol–water partition coefficient (Wildman–Crippen LogP) is 4.05. The van der Waals surface area contributed by atoms with E-state index in [1.54, 1.807) is 36.4 Å². The standard InChI is InChI=1S/C23H24N2O4/c1-17(12-13-18-7-3-2-4-8-18)24-22(26)16-29-20-10-5-9-19(15-20)25-23(27)21-11-6-14-28-21/h2-11,14-15,17H,12-13,16H2,1H3,(H,24,26)(H,25,27)/t17-/m0/s1. The molecule has 1 heterocycles. The lowest BCUT2D eigenvalue weighted by Crippen LogP contribution is -2.36. The Bertz CT molecular complexity index is 923. The number of carbonyl (C=O) groups excluding carboxylic acids is 2. The number of rotatable bonds is 9. The molecule has 0 fully saturated rings. The Morgan fingerprint density at radius 3 is 2.62 bits per heavy atom. The number of benzene rings is 2. The summed E-state index contributed by atoms with van der Waals surface area (Å²) in [6, 6.07) is 20.3. The maximum atomic E-state index is 12.1. The van der Waals surface area contributed by atoms with E-state index in [4.69, 9.17) is 9.15 Å². The van der Waals surface area contributed by atoms with Crippen LogP contribution in [0, 0.1) is 0 Å². The van der Waals surface area contributed by atoms with E-state index in [9.17, 15) is 9.59 Å². The van der Waals surface area contributed by atoms with Crippen LogP contribution in [0.25, 0.3) is 0 Å². The van der Waals surface area contributed by atoms with Gasteiger partial charge in [0.15, 0.2) is 12.4 Å². The van der Waals surface area contributed by atoms with Crippen molar-refractivity contribution in [3.05, 3.63) is 84.3 Å². The maximum absolute atomic E-state index is 12.1. The maximum Gasteiger partial charge on any atom is 0.291 e. The summed E-state index contributed by atoms with van der Waals surface area (Å²) in [6.45, 7) is 1.89. The fourth-order valence-corrected chi connectivity index (χ4v) is 2.83. The minimum atomic E-state index is -0.350. The third-order valence-electron chi connectivity index (χ3n) is 4.32. The Hall–Kier alpha value is -3.54. The molecule has 1 aromatic heterocycles. The zero-order valence-corrected chi connectivity index (χ0v) is 16.3. The van der Waals surface area contributed by atoms with Crippen LogP contribution in [-0.4, -0.2) is 24.5 Å². The molecular formula is C23H24N2O4. The number of ether oxygens (including phenoxy) is 1. The van der Waals surface area contributed by atoms with Crippen LogP contribution >= 0.6 is 0 Å². The molecule has 0 radical (unpaired) electrons. The van der Waals surface area contributed by atoms with Crippen LogP contribution in [0.15, 0.2) is 77.4 Å². The normalized spacial score (nSPS) is 11.5. The largest absolute Gasteiger partial charge is 0.484 e. The highest BCUT2D eigenvalue weighted by molar-refractivity contribution is 6.02. The van der Waals surface area contributed by atoms with Gasteiger partial charge in [-0.15, -0.1) is 0 Å². The molecule has 0 spiro atoms. The number of hydrogen-bond acceptors (Lipinski definition) is 4. The van der Waals surface area contributed by atoms with E-state index < -0.39 is 0 Å². The van der Waals surface area contributed by atoms with Crippen molar-refractivity contribution in [2.24, 2.45) is 0 Å². The zero-order chi connectivity index (χ0) is 20.5. The highest BCUT2D eigenvalue weighted by Crippen LogP contribution is 2.18. The van der Waals surface area contributed by atoms with Crippen LogP contribution in [0.5, 0.6) is 5.75 Å². The Balaban J connectivity index is 1.43. The molecule has 0 saturated carbocycles. The van der Waals surface area contributed by atoms with Gasteiger partial charge in [0.1, 0.15) is 5.75 Å². The zero-order valence-electron chi connectivity index (χ0n) is 16.3. The van der Waals surface area contributed by atoms with Crippen molar-refractivity contribution in [1.29, 1.82) is 0 Å². The molecule has 29 heavy (non-hydrogen) atoms. The van der Waals surface area contributed by atoms with E-state index >= 15 is 0 Å². The molecule has 6 nitrogen and oxygen atoms in total. The average molecular weight is 392 g/mol. The molecule has 2 N–H and O–H groups in total. The number of hydrogen-bond donors (Lipinski definition) is 2. The summed E-state index contributed by atoms with van der Waals surface area (Å²) in [4.78, 5) is 24.2. The Labute approximate surface area is 169 Å². The van der Waals surface area contributed by atoms with E-state index in [2.05, 4.69) is 22.8 Å². The fraction of sp³-hybridized carbons (Fsp3) is 0.217. The highest BCUT2D eigenvalue weighted by Gasteiger charge is 2.11. The molecule has 0 saturated heterocycles. The first kappa shape index (κ1) is 20.2. The highest BCUT2D eigenvalue weighted by atomic mass is 16.5. The van der Waals surface area contributed by atoms with Gasteiger partial charge >= 0.3 is 0 Å². The molecule has 0 aliphatic carbocycles. The molecule has 2 amide bonds. The van der Waals surface area contributed by atoms with Gasteiger partial charge in [-0.05, 0) is 49.6 Å². The molecule has 3 aromatic rings. The monoisotopic (exact) mass is 392 g/mol. The molecule has 3 rings (SSSR count). The van der Waals surface area contributed by atoms with Crippen molar-refractivity contribution in [3.63, 3.8) is 0 Å². The van der Waals surface area contributed by atoms with Gasteiger partial charge < -0.3 is 19.8 Å². The van der Waals surface area contributed by atoms with E-state index in [-0.39, 0.29) is 30.2 Å². The first-order chi connectivity index (χ1) is 14.1. The van der Waals surface area contributed by atoms with Gasteiger partial charge in [0, 0.05) is 17.8 Å². The number of carbonyl (C=O) groups is 2. The topological polar surface area (TPSA) is 80.6 Å². The number of amides is 2. The van der Waals surface area contributed by atoms with Gasteiger partial charge in [0.25, 0.3) is 11.8 Å². The van der Waals surface area contributed by atoms with Crippen molar-refractivity contribution in [2.45, 2.75) is 25.8 Å². The smallest absolute Gasteiger partial charge is 0.291 e. The Morgan fingerprint density at radius 1 is 1.03 bits per heavy atom. The summed E-state index contributed by atoms with van der Waals surface area (Å²) >= 11 is 0. The summed E-state index contributed by atoms with van der Waals surface area (Å²) < 4.78 is 10.6. The number of furan rings is 1. The van der Waals surface area contributed by atoms with Crippen LogP contribution in [0.3, 0.4) is 0 Å². The van der Waals surface area contributed by atoms with Crippen LogP contribution in [0.1, 0.15) is 29.5 Å². The minimum Gasteiger partial charge on any atom is -0.484 e. The molecule has 0 bridgehead atoms. The van der Waals surface area contributed by atoms with Gasteiger partial charge in [0.05, 0.1) is 6.26 Å². The summed E-state index contributed by atoms with van der Waals surface area (Å²) in [6.07, 6.45) is 3.19. The Kier molecular flexibility index (Phi) is 7.05. The molecule has 0 unspecified atom stereocenters. The predicted molar refractivity (Wildman–Crippen MR) is 111 cm³/mol. The fourth-order valence-electron chi connectivity index (χ4n) is 2.83. The summed E-state index contributed by atoms with van der Waals surface area (Å²) in [5.74, 6) is 0.183. The summed E-state index contributed by atoms with van der Waals surface area (Å²) in [5, 5.41) is 5.66. The molecule has 1 atom stereocenters. The lowest BCUT2D eigenvalue weighted by atomic mass is 10.1. The van der Waals surface area contributed by atoms with Crippen molar-refractivity contribution < 1.29 is 18.7 Å². The first-order valence-electron chi connectivity index (χ1n) is 9.51. The van der Waals surface area contributed by atoms with Crippen molar-refractivity contribution in [3.8, 4) is 5.75 Å². The van der Waals surface area contributed by atoms with Gasteiger partial charge in [0.2, 0.25) is 0 Å². The lowest BCUT2D eigenvalue weighted by Gasteiger charge is -2.14. The third kappa shape index (κ3) is 6.53. The van der Waals surface area contributed by atoms with E-state index in [1.807, 2.05) is 25.1 Å². The SMILES string of the molecule is C[C@@H](CCc1ccccc1)NC(=O)COc1cccc(NC(=O)c2ccco2)c1. The van der Waals surface area contributed by atoms with Crippen LogP contribution < -0.4 is 15.4 Å². The van der Waals surface area contributed by atoms with Crippen LogP contribution in [0.2, 0.25) is 0 Å². The van der Waals surface area contributed by atoms with Crippen molar-refractivity contribution >= 4 is 17.5 Å². The van der Waals surface area contributed by atoms with Crippen LogP contribution in [0.4, 0.5) is 5.69 Å². The second kappa shape index (κ2) is 10.1. The molecular weight excluding hydrogens is 368 g/mol. The van der Waals surface area contributed by atoms with E-state index in [1.165, 1.54) is 11.8 Å². The quantitative estimate of drug-likeness (QED) is 0.576. The summed E-state index contributed by atoms with van der Waals surface area (Å²) in [5.41, 5.74) is 1.80. The van der Waals surface area contributed by atoms with Crippen LogP contribution in [-0.2, 0) is 11.2 Å². The van der Waals surface area contributed by atoms with Gasteiger partial charge in [-0.1, -0.05) is 36.4 Å². The molecule has 0 aliphatic rings. The lowest BCUT2D eigenvalue weighted by molar-refractivity contribution is -0.123. The minimum absolute atomic E-state index is 0.0465. The van der Waals surface area contributed by atoms with Gasteiger partial charge in [-0.2, -0.15) is 0 Å². The summed E-state index contributed by atoms with van der Waals surface area (Å²) in [7, 11) is 0. The second-order valence-corrected chi connectivity index (χ2v) is 6.74. The molecule has 6 heteroatoms. The molecule has 2 aromatic carbocycles. The number of anilines is 1. The molecule has 150 valence electrons. The molecule has 0 aliphatic heterocycles. The van der Waals surface area contributed by atoms with Gasteiger partial charge in [-0.25, -0.2) is 0 Å². The third-order valence-corrected chi connectivity index (χ3v) is 4.32. The Morgan fingerprint density at radius 2 is 1.86 bits per heavy atom. The van der Waals surface area contributed by atoms with Gasteiger partial charge in [-0.3, -0.25) is 9.59 Å².